The van der Waals surface area contributed by atoms with Gasteiger partial charge in [0.05, 0.1) is 13.7 Å². The second-order valence-electron chi connectivity index (χ2n) is 4.18. The molecule has 1 atom stereocenters. The summed E-state index contributed by atoms with van der Waals surface area (Å²) in [4.78, 5) is 0. The van der Waals surface area contributed by atoms with Crippen molar-refractivity contribution in [1.29, 1.82) is 0 Å². The summed E-state index contributed by atoms with van der Waals surface area (Å²) in [5.74, 6) is 1.50. The fourth-order valence-corrected chi connectivity index (χ4v) is 1.95. The van der Waals surface area contributed by atoms with Gasteiger partial charge < -0.3 is 14.6 Å². The van der Waals surface area contributed by atoms with Gasteiger partial charge >= 0.3 is 0 Å². The van der Waals surface area contributed by atoms with Crippen LogP contribution in [0.1, 0.15) is 24.2 Å². The molecule has 2 rings (SSSR count). The van der Waals surface area contributed by atoms with Gasteiger partial charge in [-0.05, 0) is 42.3 Å². The standard InChI is InChI=1S/C16H18O3/c1-3-19-15-9-5-7-13(11-15)16(17)12-6-4-8-14(10-12)18-2/h4-11,16-17H,3H2,1-2H3. The van der Waals surface area contributed by atoms with Crippen molar-refractivity contribution >= 4 is 0 Å². The van der Waals surface area contributed by atoms with Gasteiger partial charge in [-0.3, -0.25) is 0 Å². The number of methoxy groups -OCH3 is 1. The lowest BCUT2D eigenvalue weighted by atomic mass is 10.0. The maximum absolute atomic E-state index is 10.4. The van der Waals surface area contributed by atoms with Crippen molar-refractivity contribution in [1.82, 2.24) is 0 Å². The van der Waals surface area contributed by atoms with E-state index in [2.05, 4.69) is 0 Å². The Morgan fingerprint density at radius 3 is 2.16 bits per heavy atom. The molecule has 3 nitrogen and oxygen atoms in total. The van der Waals surface area contributed by atoms with Crippen molar-refractivity contribution in [2.45, 2.75) is 13.0 Å². The molecule has 0 aromatic heterocycles. The zero-order chi connectivity index (χ0) is 13.7. The Kier molecular flexibility index (Phi) is 4.42. The van der Waals surface area contributed by atoms with Gasteiger partial charge in [-0.25, -0.2) is 0 Å². The van der Waals surface area contributed by atoms with E-state index in [-0.39, 0.29) is 0 Å². The third kappa shape index (κ3) is 3.26. The van der Waals surface area contributed by atoms with Crippen molar-refractivity contribution in [3.8, 4) is 11.5 Å². The molecule has 1 unspecified atom stereocenters. The quantitative estimate of drug-likeness (QED) is 0.895. The minimum Gasteiger partial charge on any atom is -0.497 e. The summed E-state index contributed by atoms with van der Waals surface area (Å²) in [6.07, 6.45) is -0.685. The minimum atomic E-state index is -0.685. The molecule has 0 spiro atoms. The summed E-state index contributed by atoms with van der Waals surface area (Å²) in [6.45, 7) is 2.55. The lowest BCUT2D eigenvalue weighted by Crippen LogP contribution is -2.01. The Labute approximate surface area is 113 Å². The van der Waals surface area contributed by atoms with Crippen molar-refractivity contribution in [2.24, 2.45) is 0 Å². The van der Waals surface area contributed by atoms with Gasteiger partial charge in [-0.15, -0.1) is 0 Å². The van der Waals surface area contributed by atoms with E-state index in [1.54, 1.807) is 7.11 Å². The largest absolute Gasteiger partial charge is 0.497 e. The number of aliphatic hydroxyl groups is 1. The SMILES string of the molecule is CCOc1cccc(C(O)c2cccc(OC)c2)c1. The smallest absolute Gasteiger partial charge is 0.119 e. The van der Waals surface area contributed by atoms with Crippen LogP contribution in [0.15, 0.2) is 48.5 Å². The molecule has 0 aliphatic heterocycles. The van der Waals surface area contributed by atoms with Crippen molar-refractivity contribution in [3.63, 3.8) is 0 Å². The second-order valence-corrected chi connectivity index (χ2v) is 4.18. The third-order valence-electron chi connectivity index (χ3n) is 2.89. The fraction of sp³-hybridized carbons (Fsp3) is 0.250. The zero-order valence-corrected chi connectivity index (χ0v) is 11.2. The lowest BCUT2D eigenvalue weighted by Gasteiger charge is -2.14. The predicted molar refractivity (Wildman–Crippen MR) is 74.7 cm³/mol. The number of ether oxygens (including phenoxy) is 2. The molecule has 0 fully saturated rings. The van der Waals surface area contributed by atoms with Crippen LogP contribution >= 0.6 is 0 Å². The predicted octanol–water partition coefficient (Wildman–Crippen LogP) is 3.18. The van der Waals surface area contributed by atoms with Gasteiger partial charge in [0.25, 0.3) is 0 Å². The molecule has 3 heteroatoms. The first-order valence-corrected chi connectivity index (χ1v) is 6.29. The van der Waals surface area contributed by atoms with Gasteiger partial charge in [-0.2, -0.15) is 0 Å². The highest BCUT2D eigenvalue weighted by Crippen LogP contribution is 2.27. The van der Waals surface area contributed by atoms with Crippen molar-refractivity contribution < 1.29 is 14.6 Å². The van der Waals surface area contributed by atoms with Gasteiger partial charge in [-0.1, -0.05) is 24.3 Å². The van der Waals surface area contributed by atoms with Crippen molar-refractivity contribution in [2.75, 3.05) is 13.7 Å². The number of hydrogen-bond acceptors (Lipinski definition) is 3. The van der Waals surface area contributed by atoms with Gasteiger partial charge in [0.2, 0.25) is 0 Å². The molecule has 0 aliphatic rings. The van der Waals surface area contributed by atoms with Gasteiger partial charge in [0.15, 0.2) is 0 Å². The summed E-state index contributed by atoms with van der Waals surface area (Å²) in [6, 6.07) is 14.9. The lowest BCUT2D eigenvalue weighted by molar-refractivity contribution is 0.219. The summed E-state index contributed by atoms with van der Waals surface area (Å²) in [7, 11) is 1.61. The Balaban J connectivity index is 2.27. The van der Waals surface area contributed by atoms with E-state index in [0.29, 0.717) is 6.61 Å². The first-order valence-electron chi connectivity index (χ1n) is 6.29. The topological polar surface area (TPSA) is 38.7 Å². The van der Waals surface area contributed by atoms with E-state index in [1.165, 1.54) is 0 Å². The Morgan fingerprint density at radius 1 is 1.00 bits per heavy atom. The van der Waals surface area contributed by atoms with Crippen LogP contribution in [0, 0.1) is 0 Å². The highest BCUT2D eigenvalue weighted by Gasteiger charge is 2.11. The molecule has 19 heavy (non-hydrogen) atoms. The maximum Gasteiger partial charge on any atom is 0.119 e. The zero-order valence-electron chi connectivity index (χ0n) is 11.2. The van der Waals surface area contributed by atoms with Crippen LogP contribution in [0.4, 0.5) is 0 Å². The monoisotopic (exact) mass is 258 g/mol. The van der Waals surface area contributed by atoms with Gasteiger partial charge in [0.1, 0.15) is 17.6 Å². The van der Waals surface area contributed by atoms with Gasteiger partial charge in [0, 0.05) is 0 Å². The molecular weight excluding hydrogens is 240 g/mol. The first kappa shape index (κ1) is 13.4. The molecule has 1 N–H and O–H groups in total. The van der Waals surface area contributed by atoms with E-state index in [0.717, 1.165) is 22.6 Å². The van der Waals surface area contributed by atoms with E-state index >= 15 is 0 Å². The molecule has 0 radical (unpaired) electrons. The molecule has 100 valence electrons. The number of aliphatic hydroxyl groups excluding tert-OH is 1. The number of hydrogen-bond donors (Lipinski definition) is 1. The number of benzene rings is 2. The van der Waals surface area contributed by atoms with Crippen LogP contribution in [0.5, 0.6) is 11.5 Å². The normalized spacial score (nSPS) is 11.9. The molecule has 2 aromatic rings. The molecule has 0 saturated heterocycles. The maximum atomic E-state index is 10.4. The molecule has 0 saturated carbocycles. The highest BCUT2D eigenvalue weighted by atomic mass is 16.5. The minimum absolute atomic E-state index is 0.610. The third-order valence-corrected chi connectivity index (χ3v) is 2.89. The Hall–Kier alpha value is -2.00. The summed E-state index contributed by atoms with van der Waals surface area (Å²) in [5.41, 5.74) is 1.60. The fourth-order valence-electron chi connectivity index (χ4n) is 1.95. The van der Waals surface area contributed by atoms with E-state index < -0.39 is 6.10 Å². The molecule has 0 heterocycles. The Morgan fingerprint density at radius 2 is 1.58 bits per heavy atom. The Bertz CT molecular complexity index is 537. The van der Waals surface area contributed by atoms with E-state index in [1.807, 2.05) is 55.5 Å². The summed E-state index contributed by atoms with van der Waals surface area (Å²) < 4.78 is 10.6. The average molecular weight is 258 g/mol. The van der Waals surface area contributed by atoms with Crippen LogP contribution < -0.4 is 9.47 Å². The molecular formula is C16H18O3. The van der Waals surface area contributed by atoms with Crippen LogP contribution in [-0.2, 0) is 0 Å². The molecule has 0 aliphatic carbocycles. The molecule has 0 bridgehead atoms. The number of rotatable bonds is 5. The second kappa shape index (κ2) is 6.25. The van der Waals surface area contributed by atoms with E-state index in [4.69, 9.17) is 9.47 Å². The summed E-state index contributed by atoms with van der Waals surface area (Å²) >= 11 is 0. The first-order chi connectivity index (χ1) is 9.24. The average Bonchev–Trinajstić information content (AvgIpc) is 2.47. The molecule has 0 amide bonds. The van der Waals surface area contributed by atoms with Crippen LogP contribution in [-0.4, -0.2) is 18.8 Å². The molecule has 2 aromatic carbocycles. The van der Waals surface area contributed by atoms with Crippen LogP contribution in [0.2, 0.25) is 0 Å². The van der Waals surface area contributed by atoms with E-state index in [9.17, 15) is 5.11 Å². The highest BCUT2D eigenvalue weighted by molar-refractivity contribution is 5.38. The summed E-state index contributed by atoms with van der Waals surface area (Å²) in [5, 5.41) is 10.4. The van der Waals surface area contributed by atoms with Crippen molar-refractivity contribution in [3.05, 3.63) is 59.7 Å². The van der Waals surface area contributed by atoms with Crippen LogP contribution in [0.3, 0.4) is 0 Å². The van der Waals surface area contributed by atoms with Crippen LogP contribution in [0.25, 0.3) is 0 Å².